The van der Waals surface area contributed by atoms with Crippen LogP contribution in [0.2, 0.25) is 0 Å². The van der Waals surface area contributed by atoms with E-state index in [0.717, 1.165) is 48.2 Å². The van der Waals surface area contributed by atoms with Crippen molar-refractivity contribution in [1.29, 1.82) is 0 Å². The molecule has 1 aromatic carbocycles. The van der Waals surface area contributed by atoms with Crippen LogP contribution in [-0.4, -0.2) is 47.4 Å². The molecule has 1 aliphatic heterocycles. The Morgan fingerprint density at radius 1 is 1.38 bits per heavy atom. The molecule has 1 aliphatic rings. The van der Waals surface area contributed by atoms with Crippen molar-refractivity contribution in [3.05, 3.63) is 45.9 Å². The molecule has 0 aliphatic carbocycles. The van der Waals surface area contributed by atoms with E-state index in [1.165, 1.54) is 0 Å². The Morgan fingerprint density at radius 3 is 2.83 bits per heavy atom. The van der Waals surface area contributed by atoms with Gasteiger partial charge in [-0.05, 0) is 13.0 Å². The van der Waals surface area contributed by atoms with Gasteiger partial charge in [0.25, 0.3) is 0 Å². The minimum absolute atomic E-state index is 0.00660. The fourth-order valence-corrected chi connectivity index (χ4v) is 3.88. The number of amides is 1. The third kappa shape index (κ3) is 3.60. The Labute approximate surface area is 146 Å². The molecule has 3 rings (SSSR count). The highest BCUT2D eigenvalue weighted by molar-refractivity contribution is 7.09. The third-order valence-corrected chi connectivity index (χ3v) is 5.24. The van der Waals surface area contributed by atoms with Gasteiger partial charge in [-0.15, -0.1) is 11.3 Å². The molecule has 1 atom stereocenters. The summed E-state index contributed by atoms with van der Waals surface area (Å²) in [6.45, 7) is 6.86. The van der Waals surface area contributed by atoms with Gasteiger partial charge in [0.05, 0.1) is 23.9 Å². The molecule has 0 bridgehead atoms. The lowest BCUT2D eigenvalue weighted by Gasteiger charge is -2.41. The molecule has 1 amide bonds. The van der Waals surface area contributed by atoms with Gasteiger partial charge in [-0.3, -0.25) is 9.69 Å². The van der Waals surface area contributed by atoms with E-state index in [9.17, 15) is 4.79 Å². The van der Waals surface area contributed by atoms with Gasteiger partial charge in [-0.1, -0.05) is 18.2 Å². The number of methoxy groups -OCH3 is 1. The van der Waals surface area contributed by atoms with Gasteiger partial charge in [0.1, 0.15) is 5.75 Å². The van der Waals surface area contributed by atoms with Gasteiger partial charge in [-0.25, -0.2) is 4.98 Å². The number of rotatable bonds is 4. The number of ether oxygens (including phenoxy) is 1. The predicted molar refractivity (Wildman–Crippen MR) is 95.3 cm³/mol. The number of nitrogens with zero attached hydrogens (tertiary/aromatic N) is 3. The molecule has 0 spiro atoms. The molecule has 1 saturated heterocycles. The number of hydrogen-bond acceptors (Lipinski definition) is 5. The molecule has 0 N–H and O–H groups in total. The first-order valence-corrected chi connectivity index (χ1v) is 9.00. The van der Waals surface area contributed by atoms with Crippen molar-refractivity contribution in [3.63, 3.8) is 0 Å². The monoisotopic (exact) mass is 345 g/mol. The normalized spacial score (nSPS) is 18.6. The van der Waals surface area contributed by atoms with Gasteiger partial charge in [0, 0.05) is 44.0 Å². The Bertz CT molecular complexity index is 716. The van der Waals surface area contributed by atoms with Gasteiger partial charge in [0.2, 0.25) is 5.91 Å². The smallest absolute Gasteiger partial charge is 0.220 e. The van der Waals surface area contributed by atoms with Crippen LogP contribution in [0.15, 0.2) is 29.6 Å². The SMILES string of the molecule is COc1ccccc1C1CN(Cc2csc(C)n2)CCN1C(C)=O. The standard InChI is InChI=1S/C18H23N3O2S/c1-13-19-15(12-24-13)10-20-8-9-21(14(2)22)17(11-20)16-6-4-5-7-18(16)23-3/h4-7,12,17H,8-11H2,1-3H3. The maximum absolute atomic E-state index is 12.1. The van der Waals surface area contributed by atoms with E-state index in [0.29, 0.717) is 0 Å². The number of piperazine rings is 1. The van der Waals surface area contributed by atoms with E-state index in [-0.39, 0.29) is 11.9 Å². The van der Waals surface area contributed by atoms with Gasteiger partial charge in [-0.2, -0.15) is 0 Å². The second-order valence-corrected chi connectivity index (χ2v) is 7.13. The summed E-state index contributed by atoms with van der Waals surface area (Å²) in [4.78, 5) is 21.0. The molecular weight excluding hydrogens is 322 g/mol. The van der Waals surface area contributed by atoms with Crippen molar-refractivity contribution in [2.24, 2.45) is 0 Å². The number of thiazole rings is 1. The summed E-state index contributed by atoms with van der Waals surface area (Å²) < 4.78 is 5.52. The minimum Gasteiger partial charge on any atom is -0.496 e. The zero-order chi connectivity index (χ0) is 17.1. The van der Waals surface area contributed by atoms with Crippen molar-refractivity contribution >= 4 is 17.2 Å². The summed E-state index contributed by atoms with van der Waals surface area (Å²) in [5.41, 5.74) is 2.17. The fraction of sp³-hybridized carbons (Fsp3) is 0.444. The lowest BCUT2D eigenvalue weighted by Crippen LogP contribution is -2.49. The largest absolute Gasteiger partial charge is 0.496 e. The Kier molecular flexibility index (Phi) is 5.16. The number of carbonyl (C=O) groups excluding carboxylic acids is 1. The topological polar surface area (TPSA) is 45.7 Å². The molecule has 2 aromatic rings. The lowest BCUT2D eigenvalue weighted by molar-refractivity contribution is -0.134. The van der Waals surface area contributed by atoms with Crippen LogP contribution in [0.3, 0.4) is 0 Å². The second-order valence-electron chi connectivity index (χ2n) is 6.06. The fourth-order valence-electron chi connectivity index (χ4n) is 3.28. The van der Waals surface area contributed by atoms with E-state index in [1.54, 1.807) is 25.4 Å². The van der Waals surface area contributed by atoms with E-state index < -0.39 is 0 Å². The lowest BCUT2D eigenvalue weighted by atomic mass is 10.0. The van der Waals surface area contributed by atoms with Crippen LogP contribution >= 0.6 is 11.3 Å². The van der Waals surface area contributed by atoms with Crippen LogP contribution in [0.4, 0.5) is 0 Å². The van der Waals surface area contributed by atoms with E-state index in [2.05, 4.69) is 21.3 Å². The predicted octanol–water partition coefficient (Wildman–Crippen LogP) is 2.87. The summed E-state index contributed by atoms with van der Waals surface area (Å²) in [7, 11) is 1.68. The van der Waals surface area contributed by atoms with E-state index >= 15 is 0 Å². The maximum Gasteiger partial charge on any atom is 0.220 e. The van der Waals surface area contributed by atoms with Gasteiger partial charge in [0.15, 0.2) is 0 Å². The number of benzene rings is 1. The van der Waals surface area contributed by atoms with Crippen LogP contribution in [0, 0.1) is 6.92 Å². The van der Waals surface area contributed by atoms with Crippen LogP contribution in [-0.2, 0) is 11.3 Å². The molecule has 1 aromatic heterocycles. The summed E-state index contributed by atoms with van der Waals surface area (Å²) in [6, 6.07) is 7.97. The summed E-state index contributed by atoms with van der Waals surface area (Å²) in [5, 5.41) is 3.21. The Hall–Kier alpha value is -1.92. The molecule has 0 saturated carbocycles. The van der Waals surface area contributed by atoms with Gasteiger partial charge < -0.3 is 9.64 Å². The van der Waals surface area contributed by atoms with Crippen molar-refractivity contribution in [3.8, 4) is 5.75 Å². The first-order valence-electron chi connectivity index (χ1n) is 8.12. The molecular formula is C18H23N3O2S. The van der Waals surface area contributed by atoms with Crippen LogP contribution in [0.5, 0.6) is 5.75 Å². The highest BCUT2D eigenvalue weighted by Crippen LogP contribution is 2.32. The highest BCUT2D eigenvalue weighted by Gasteiger charge is 2.31. The van der Waals surface area contributed by atoms with Crippen LogP contribution in [0.25, 0.3) is 0 Å². The number of carbonyl (C=O) groups is 1. The van der Waals surface area contributed by atoms with Crippen molar-refractivity contribution in [1.82, 2.24) is 14.8 Å². The first kappa shape index (κ1) is 16.9. The minimum atomic E-state index is 0.00660. The van der Waals surface area contributed by atoms with Crippen LogP contribution < -0.4 is 4.74 Å². The number of para-hydroxylation sites is 1. The zero-order valence-corrected chi connectivity index (χ0v) is 15.2. The van der Waals surface area contributed by atoms with E-state index in [1.807, 2.05) is 30.0 Å². The molecule has 1 fully saturated rings. The summed E-state index contributed by atoms with van der Waals surface area (Å²) >= 11 is 1.68. The molecule has 6 heteroatoms. The zero-order valence-electron chi connectivity index (χ0n) is 14.4. The highest BCUT2D eigenvalue weighted by atomic mass is 32.1. The molecule has 0 radical (unpaired) electrons. The average Bonchev–Trinajstić information content (AvgIpc) is 2.99. The average molecular weight is 345 g/mol. The number of aromatic nitrogens is 1. The Balaban J connectivity index is 1.83. The molecule has 5 nitrogen and oxygen atoms in total. The third-order valence-electron chi connectivity index (χ3n) is 4.42. The van der Waals surface area contributed by atoms with Crippen molar-refractivity contribution in [2.45, 2.75) is 26.4 Å². The summed E-state index contributed by atoms with van der Waals surface area (Å²) in [5.74, 6) is 0.940. The van der Waals surface area contributed by atoms with Crippen molar-refractivity contribution in [2.75, 3.05) is 26.7 Å². The molecule has 1 unspecified atom stereocenters. The molecule has 2 heterocycles. The maximum atomic E-state index is 12.1. The van der Waals surface area contributed by atoms with Gasteiger partial charge >= 0.3 is 0 Å². The second kappa shape index (κ2) is 7.32. The number of aryl methyl sites for hydroxylation is 1. The molecule has 128 valence electrons. The quantitative estimate of drug-likeness (QED) is 0.855. The molecule has 24 heavy (non-hydrogen) atoms. The number of hydrogen-bond donors (Lipinski definition) is 0. The van der Waals surface area contributed by atoms with Crippen molar-refractivity contribution < 1.29 is 9.53 Å². The Morgan fingerprint density at radius 2 is 2.17 bits per heavy atom. The van der Waals surface area contributed by atoms with E-state index in [4.69, 9.17) is 4.74 Å². The summed E-state index contributed by atoms with van der Waals surface area (Å²) in [6.07, 6.45) is 0. The first-order chi connectivity index (χ1) is 11.6. The van der Waals surface area contributed by atoms with Crippen LogP contribution in [0.1, 0.15) is 29.2 Å².